The summed E-state index contributed by atoms with van der Waals surface area (Å²) < 4.78 is 1.73. The number of para-hydroxylation sites is 1. The molecule has 138 valence electrons. The van der Waals surface area contributed by atoms with E-state index in [0.29, 0.717) is 23.4 Å². The van der Waals surface area contributed by atoms with Crippen LogP contribution in [0.5, 0.6) is 0 Å². The highest BCUT2D eigenvalue weighted by Gasteiger charge is 2.33. The van der Waals surface area contributed by atoms with Gasteiger partial charge in [-0.1, -0.05) is 36.6 Å². The first-order chi connectivity index (χ1) is 12.7. The van der Waals surface area contributed by atoms with Crippen molar-refractivity contribution in [3.05, 3.63) is 40.9 Å². The maximum Gasteiger partial charge on any atom is 0.291 e. The summed E-state index contributed by atoms with van der Waals surface area (Å²) in [5.41, 5.74) is 6.64. The molecule has 0 saturated heterocycles. The molecule has 2 aliphatic carbocycles. The molecule has 0 spiro atoms. The third-order valence-corrected chi connectivity index (χ3v) is 5.71. The summed E-state index contributed by atoms with van der Waals surface area (Å²) in [4.78, 5) is 17.3. The summed E-state index contributed by atoms with van der Waals surface area (Å²) in [7, 11) is 0. The lowest BCUT2D eigenvalue weighted by molar-refractivity contribution is 0.0897. The maximum atomic E-state index is 12.8. The first kappa shape index (κ1) is 17.5. The van der Waals surface area contributed by atoms with Gasteiger partial charge in [0.1, 0.15) is 5.82 Å². The van der Waals surface area contributed by atoms with Crippen LogP contribution in [0.3, 0.4) is 0 Å². The van der Waals surface area contributed by atoms with E-state index in [9.17, 15) is 4.79 Å². The second-order valence-corrected chi connectivity index (χ2v) is 7.70. The normalized spacial score (nSPS) is 23.0. The zero-order valence-electron chi connectivity index (χ0n) is 14.7. The van der Waals surface area contributed by atoms with Crippen molar-refractivity contribution in [2.45, 2.75) is 50.5 Å². The van der Waals surface area contributed by atoms with Crippen LogP contribution in [0, 0.1) is 5.92 Å². The molecule has 2 saturated carbocycles. The van der Waals surface area contributed by atoms with Crippen LogP contribution in [0.2, 0.25) is 5.02 Å². The van der Waals surface area contributed by atoms with E-state index >= 15 is 0 Å². The quantitative estimate of drug-likeness (QED) is 0.843. The first-order valence-electron chi connectivity index (χ1n) is 9.40. The third kappa shape index (κ3) is 3.48. The van der Waals surface area contributed by atoms with E-state index < -0.39 is 0 Å². The number of nitrogens with two attached hydrogens (primary N) is 1. The van der Waals surface area contributed by atoms with Gasteiger partial charge in [-0.05, 0) is 50.3 Å². The molecule has 1 aromatic carbocycles. The fraction of sp³-hybridized carbons (Fsp3) is 0.526. The summed E-state index contributed by atoms with van der Waals surface area (Å²) in [6.07, 6.45) is 6.48. The monoisotopic (exact) mass is 373 g/mol. The number of carbonyl (C=O) groups excluding carboxylic acids is 1. The lowest BCUT2D eigenvalue weighted by Gasteiger charge is -2.30. The number of hydrogen-bond acceptors (Lipinski definition) is 4. The number of nitrogens with one attached hydrogen (secondary N) is 1. The number of halogens is 1. The van der Waals surface area contributed by atoms with Crippen LogP contribution < -0.4 is 11.1 Å². The molecule has 0 radical (unpaired) electrons. The van der Waals surface area contributed by atoms with E-state index in [1.54, 1.807) is 4.68 Å². The Hall–Kier alpha value is -1.92. The molecule has 6 nitrogen and oxygen atoms in total. The molecule has 2 atom stereocenters. The van der Waals surface area contributed by atoms with Gasteiger partial charge in [-0.25, -0.2) is 9.67 Å². The van der Waals surface area contributed by atoms with Crippen LogP contribution in [-0.4, -0.2) is 33.3 Å². The number of nitrogens with zero attached hydrogens (tertiary/aromatic N) is 3. The van der Waals surface area contributed by atoms with Crippen molar-refractivity contribution in [2.75, 3.05) is 6.54 Å². The van der Waals surface area contributed by atoms with Crippen molar-refractivity contribution in [3.8, 4) is 5.69 Å². The molecule has 0 aliphatic heterocycles. The number of amides is 1. The summed E-state index contributed by atoms with van der Waals surface area (Å²) >= 11 is 6.34. The van der Waals surface area contributed by atoms with Gasteiger partial charge in [-0.15, -0.1) is 5.10 Å². The number of carbonyl (C=O) groups is 1. The highest BCUT2D eigenvalue weighted by atomic mass is 35.5. The number of rotatable bonds is 5. The van der Waals surface area contributed by atoms with Crippen LogP contribution in [-0.2, 0) is 0 Å². The number of benzene rings is 1. The molecule has 1 aromatic heterocycles. The van der Waals surface area contributed by atoms with Crippen molar-refractivity contribution >= 4 is 17.5 Å². The molecule has 3 N–H and O–H groups in total. The topological polar surface area (TPSA) is 85.8 Å². The van der Waals surface area contributed by atoms with Gasteiger partial charge in [0, 0.05) is 12.0 Å². The largest absolute Gasteiger partial charge is 0.346 e. The Bertz CT molecular complexity index is 801. The molecule has 2 aromatic rings. The fourth-order valence-electron chi connectivity index (χ4n) is 3.74. The van der Waals surface area contributed by atoms with Crippen molar-refractivity contribution in [2.24, 2.45) is 11.7 Å². The van der Waals surface area contributed by atoms with Gasteiger partial charge in [0.2, 0.25) is 5.82 Å². The SMILES string of the molecule is NCC1CCCCC1NC(=O)c1nc(C2CC2)n(-c2ccccc2Cl)n1. The third-order valence-electron chi connectivity index (χ3n) is 5.39. The molecule has 7 heteroatoms. The molecular weight excluding hydrogens is 350 g/mol. The Morgan fingerprint density at radius 1 is 1.23 bits per heavy atom. The number of aromatic nitrogens is 3. The van der Waals surface area contributed by atoms with Crippen LogP contribution in [0.4, 0.5) is 0 Å². The fourth-order valence-corrected chi connectivity index (χ4v) is 3.96. The molecule has 0 bridgehead atoms. The molecule has 2 fully saturated rings. The lowest BCUT2D eigenvalue weighted by atomic mass is 9.84. The van der Waals surface area contributed by atoms with Gasteiger partial charge in [0.05, 0.1) is 10.7 Å². The van der Waals surface area contributed by atoms with Gasteiger partial charge < -0.3 is 11.1 Å². The smallest absolute Gasteiger partial charge is 0.291 e. The van der Waals surface area contributed by atoms with Gasteiger partial charge in [0.25, 0.3) is 5.91 Å². The van der Waals surface area contributed by atoms with Gasteiger partial charge >= 0.3 is 0 Å². The average molecular weight is 374 g/mol. The predicted molar refractivity (Wildman–Crippen MR) is 101 cm³/mol. The minimum Gasteiger partial charge on any atom is -0.346 e. The molecule has 2 unspecified atom stereocenters. The summed E-state index contributed by atoms with van der Waals surface area (Å²) in [6, 6.07) is 7.62. The van der Waals surface area contributed by atoms with E-state index in [1.165, 1.54) is 6.42 Å². The highest BCUT2D eigenvalue weighted by Crippen LogP contribution is 2.40. The Morgan fingerprint density at radius 3 is 2.73 bits per heavy atom. The van der Waals surface area contributed by atoms with Crippen LogP contribution in [0.1, 0.15) is 60.9 Å². The molecular formula is C19H24ClN5O. The van der Waals surface area contributed by atoms with Crippen molar-refractivity contribution in [1.29, 1.82) is 0 Å². The zero-order chi connectivity index (χ0) is 18.1. The molecule has 26 heavy (non-hydrogen) atoms. The molecule has 1 heterocycles. The van der Waals surface area contributed by atoms with E-state index in [4.69, 9.17) is 17.3 Å². The van der Waals surface area contributed by atoms with Crippen LogP contribution in [0.25, 0.3) is 5.69 Å². The second kappa shape index (κ2) is 7.37. The van der Waals surface area contributed by atoms with Crippen molar-refractivity contribution in [1.82, 2.24) is 20.1 Å². The van der Waals surface area contributed by atoms with Gasteiger partial charge in [-0.3, -0.25) is 4.79 Å². The first-order valence-corrected chi connectivity index (χ1v) is 9.78. The van der Waals surface area contributed by atoms with E-state index in [2.05, 4.69) is 15.4 Å². The van der Waals surface area contributed by atoms with Gasteiger partial charge in [-0.2, -0.15) is 0 Å². The van der Waals surface area contributed by atoms with Gasteiger partial charge in [0.15, 0.2) is 0 Å². The van der Waals surface area contributed by atoms with Crippen LogP contribution >= 0.6 is 11.6 Å². The van der Waals surface area contributed by atoms with Crippen molar-refractivity contribution in [3.63, 3.8) is 0 Å². The zero-order valence-corrected chi connectivity index (χ0v) is 15.5. The average Bonchev–Trinajstić information content (AvgIpc) is 3.41. The van der Waals surface area contributed by atoms with E-state index in [-0.39, 0.29) is 17.8 Å². The van der Waals surface area contributed by atoms with E-state index in [1.807, 2.05) is 24.3 Å². The Kier molecular flexibility index (Phi) is 4.96. The Labute approximate surface area is 158 Å². The summed E-state index contributed by atoms with van der Waals surface area (Å²) in [5, 5.41) is 8.21. The van der Waals surface area contributed by atoms with Crippen LogP contribution in [0.15, 0.2) is 24.3 Å². The van der Waals surface area contributed by atoms with E-state index in [0.717, 1.165) is 43.6 Å². The second-order valence-electron chi connectivity index (χ2n) is 7.29. The molecule has 4 rings (SSSR count). The lowest BCUT2D eigenvalue weighted by Crippen LogP contribution is -2.45. The minimum absolute atomic E-state index is 0.109. The standard InChI is InChI=1S/C19H24ClN5O/c20-14-6-2-4-8-16(14)25-18(12-9-10-12)23-17(24-25)19(26)22-15-7-3-1-5-13(15)11-21/h2,4,6,8,12-13,15H,1,3,5,7,9-11,21H2,(H,22,26). The number of hydrogen-bond donors (Lipinski definition) is 2. The summed E-state index contributed by atoms with van der Waals surface area (Å²) in [5.74, 6) is 1.51. The Balaban J connectivity index is 1.60. The van der Waals surface area contributed by atoms with Crippen molar-refractivity contribution < 1.29 is 4.79 Å². The maximum absolute atomic E-state index is 12.8. The summed E-state index contributed by atoms with van der Waals surface area (Å²) in [6.45, 7) is 0.597. The predicted octanol–water partition coefficient (Wildman–Crippen LogP) is 3.05. The minimum atomic E-state index is -0.219. The molecule has 2 aliphatic rings. The Morgan fingerprint density at radius 2 is 2.00 bits per heavy atom. The molecule has 1 amide bonds. The highest BCUT2D eigenvalue weighted by molar-refractivity contribution is 6.32.